The van der Waals surface area contributed by atoms with E-state index in [2.05, 4.69) is 37.8 Å². The molecule has 2 aromatic heterocycles. The molecular weight excluding hydrogens is 306 g/mol. The summed E-state index contributed by atoms with van der Waals surface area (Å²) in [4.78, 5) is 8.60. The van der Waals surface area contributed by atoms with Crippen LogP contribution in [0.1, 0.15) is 48.4 Å². The van der Waals surface area contributed by atoms with E-state index in [1.54, 1.807) is 7.05 Å². The summed E-state index contributed by atoms with van der Waals surface area (Å²) < 4.78 is 7.13. The van der Waals surface area contributed by atoms with Crippen LogP contribution in [0, 0.1) is 13.8 Å². The van der Waals surface area contributed by atoms with Crippen LogP contribution in [0.3, 0.4) is 0 Å². The van der Waals surface area contributed by atoms with Crippen LogP contribution in [0.4, 0.5) is 0 Å². The van der Waals surface area contributed by atoms with Gasteiger partial charge in [-0.1, -0.05) is 19.0 Å². The molecule has 2 heterocycles. The van der Waals surface area contributed by atoms with E-state index < -0.39 is 0 Å². The molecule has 0 saturated carbocycles. The van der Waals surface area contributed by atoms with Gasteiger partial charge in [-0.2, -0.15) is 10.1 Å². The standard InChI is InChI=1S/C16H27N7O/c1-10(2)15-20-14(24-22-15)7-8-18-16(17-5)19-9-13-11(3)21-23(6)12(13)4/h10H,7-9H2,1-6H3,(H2,17,18,19). The van der Waals surface area contributed by atoms with E-state index in [0.717, 1.165) is 23.2 Å². The highest BCUT2D eigenvalue weighted by molar-refractivity contribution is 5.79. The highest BCUT2D eigenvalue weighted by Gasteiger charge is 2.11. The number of nitrogens with one attached hydrogen (secondary N) is 2. The number of nitrogens with zero attached hydrogens (tertiary/aromatic N) is 5. The average Bonchev–Trinajstić information content (AvgIpc) is 3.10. The van der Waals surface area contributed by atoms with Gasteiger partial charge in [-0.15, -0.1) is 0 Å². The summed E-state index contributed by atoms with van der Waals surface area (Å²) in [5.74, 6) is 2.40. The average molecular weight is 333 g/mol. The third-order valence-electron chi connectivity index (χ3n) is 3.95. The van der Waals surface area contributed by atoms with Crippen molar-refractivity contribution in [1.82, 2.24) is 30.6 Å². The van der Waals surface area contributed by atoms with Crippen LogP contribution in [0.25, 0.3) is 0 Å². The normalized spacial score (nSPS) is 12.0. The third kappa shape index (κ3) is 4.33. The number of rotatable bonds is 6. The summed E-state index contributed by atoms with van der Waals surface area (Å²) in [6.07, 6.45) is 0.658. The van der Waals surface area contributed by atoms with E-state index in [1.807, 2.05) is 32.5 Å². The molecule has 2 rings (SSSR count). The second-order valence-corrected chi connectivity index (χ2v) is 6.08. The Hall–Kier alpha value is -2.38. The maximum atomic E-state index is 5.23. The van der Waals surface area contributed by atoms with Crippen LogP contribution in [0.2, 0.25) is 0 Å². The first-order valence-corrected chi connectivity index (χ1v) is 8.18. The van der Waals surface area contributed by atoms with Crippen molar-refractivity contribution in [2.24, 2.45) is 12.0 Å². The summed E-state index contributed by atoms with van der Waals surface area (Å²) >= 11 is 0. The van der Waals surface area contributed by atoms with E-state index in [-0.39, 0.29) is 5.92 Å². The molecular formula is C16H27N7O. The molecule has 24 heavy (non-hydrogen) atoms. The molecule has 0 bridgehead atoms. The number of hydrogen-bond acceptors (Lipinski definition) is 5. The van der Waals surface area contributed by atoms with Gasteiger partial charge < -0.3 is 15.2 Å². The van der Waals surface area contributed by atoms with Gasteiger partial charge in [0, 0.05) is 50.8 Å². The van der Waals surface area contributed by atoms with Crippen molar-refractivity contribution in [3.05, 3.63) is 28.7 Å². The van der Waals surface area contributed by atoms with Crippen LogP contribution in [-0.2, 0) is 20.0 Å². The molecule has 8 nitrogen and oxygen atoms in total. The number of guanidine groups is 1. The number of hydrogen-bond donors (Lipinski definition) is 2. The molecule has 2 aromatic rings. The van der Waals surface area contributed by atoms with Gasteiger partial charge in [0.1, 0.15) is 0 Å². The number of aromatic nitrogens is 4. The van der Waals surface area contributed by atoms with Crippen LogP contribution >= 0.6 is 0 Å². The van der Waals surface area contributed by atoms with Gasteiger partial charge in [-0.3, -0.25) is 9.67 Å². The lowest BCUT2D eigenvalue weighted by Gasteiger charge is -2.11. The topological polar surface area (TPSA) is 93.2 Å². The molecule has 2 N–H and O–H groups in total. The molecule has 132 valence electrons. The van der Waals surface area contributed by atoms with Crippen molar-refractivity contribution in [1.29, 1.82) is 0 Å². The van der Waals surface area contributed by atoms with Crippen LogP contribution in [0.5, 0.6) is 0 Å². The lowest BCUT2D eigenvalue weighted by molar-refractivity contribution is 0.371. The molecule has 0 spiro atoms. The largest absolute Gasteiger partial charge is 0.356 e. The zero-order valence-corrected chi connectivity index (χ0v) is 15.3. The maximum Gasteiger partial charge on any atom is 0.228 e. The third-order valence-corrected chi connectivity index (χ3v) is 3.95. The fourth-order valence-electron chi connectivity index (χ4n) is 2.36. The van der Waals surface area contributed by atoms with Gasteiger partial charge >= 0.3 is 0 Å². The first-order valence-electron chi connectivity index (χ1n) is 8.18. The summed E-state index contributed by atoms with van der Waals surface area (Å²) in [5, 5.41) is 14.9. The molecule has 0 atom stereocenters. The minimum Gasteiger partial charge on any atom is -0.356 e. The molecule has 0 aliphatic rings. The molecule has 0 saturated heterocycles. The minimum atomic E-state index is 0.274. The molecule has 0 unspecified atom stereocenters. The highest BCUT2D eigenvalue weighted by Crippen LogP contribution is 2.11. The Balaban J connectivity index is 1.82. The van der Waals surface area contributed by atoms with Gasteiger partial charge in [0.25, 0.3) is 0 Å². The van der Waals surface area contributed by atoms with E-state index in [4.69, 9.17) is 4.52 Å². The fourth-order valence-corrected chi connectivity index (χ4v) is 2.36. The summed E-state index contributed by atoms with van der Waals surface area (Å²) in [6.45, 7) is 9.52. The SMILES string of the molecule is CN=C(NCCc1nc(C(C)C)no1)NCc1c(C)nn(C)c1C. The lowest BCUT2D eigenvalue weighted by Crippen LogP contribution is -2.38. The van der Waals surface area contributed by atoms with Crippen LogP contribution in [-0.4, -0.2) is 39.5 Å². The Labute approximate surface area is 142 Å². The van der Waals surface area contributed by atoms with Crippen molar-refractivity contribution in [2.75, 3.05) is 13.6 Å². The van der Waals surface area contributed by atoms with Crippen molar-refractivity contribution in [2.45, 2.75) is 46.6 Å². The molecule has 8 heteroatoms. The second-order valence-electron chi connectivity index (χ2n) is 6.08. The molecule has 0 aliphatic heterocycles. The monoisotopic (exact) mass is 333 g/mol. The zero-order valence-electron chi connectivity index (χ0n) is 15.3. The van der Waals surface area contributed by atoms with Crippen molar-refractivity contribution >= 4 is 5.96 Å². The smallest absolute Gasteiger partial charge is 0.228 e. The minimum absolute atomic E-state index is 0.274. The molecule has 0 aliphatic carbocycles. The van der Waals surface area contributed by atoms with E-state index in [1.165, 1.54) is 5.56 Å². The predicted octanol–water partition coefficient (Wildman–Crippen LogP) is 1.45. The van der Waals surface area contributed by atoms with E-state index >= 15 is 0 Å². The molecule has 0 fully saturated rings. The lowest BCUT2D eigenvalue weighted by atomic mass is 10.2. The highest BCUT2D eigenvalue weighted by atomic mass is 16.5. The molecule has 0 amide bonds. The number of aliphatic imine (C=N–C) groups is 1. The van der Waals surface area contributed by atoms with Gasteiger partial charge in [0.15, 0.2) is 11.8 Å². The Kier molecular flexibility index (Phi) is 5.94. The Bertz CT molecular complexity index is 699. The van der Waals surface area contributed by atoms with Gasteiger partial charge in [-0.25, -0.2) is 0 Å². The summed E-state index contributed by atoms with van der Waals surface area (Å²) in [6, 6.07) is 0. The predicted molar refractivity (Wildman–Crippen MR) is 93.0 cm³/mol. The first-order chi connectivity index (χ1) is 11.4. The van der Waals surface area contributed by atoms with Crippen molar-refractivity contribution in [3.63, 3.8) is 0 Å². The van der Waals surface area contributed by atoms with Gasteiger partial charge in [0.2, 0.25) is 5.89 Å². The van der Waals surface area contributed by atoms with Crippen molar-refractivity contribution in [3.8, 4) is 0 Å². The Morgan fingerprint density at radius 3 is 2.58 bits per heavy atom. The summed E-state index contributed by atoms with van der Waals surface area (Å²) in [7, 11) is 3.70. The van der Waals surface area contributed by atoms with Crippen molar-refractivity contribution < 1.29 is 4.52 Å². The summed E-state index contributed by atoms with van der Waals surface area (Å²) in [5.41, 5.74) is 3.38. The zero-order chi connectivity index (χ0) is 17.7. The second kappa shape index (κ2) is 7.94. The maximum absolute atomic E-state index is 5.23. The number of aryl methyl sites for hydroxylation is 2. The Morgan fingerprint density at radius 2 is 2.04 bits per heavy atom. The molecule has 0 aromatic carbocycles. The Morgan fingerprint density at radius 1 is 1.29 bits per heavy atom. The van der Waals surface area contributed by atoms with E-state index in [0.29, 0.717) is 25.4 Å². The first kappa shape index (κ1) is 18.0. The van der Waals surface area contributed by atoms with Crippen LogP contribution in [0.15, 0.2) is 9.52 Å². The van der Waals surface area contributed by atoms with Gasteiger partial charge in [0.05, 0.1) is 5.69 Å². The fraction of sp³-hybridized carbons (Fsp3) is 0.625. The quantitative estimate of drug-likeness (QED) is 0.614. The van der Waals surface area contributed by atoms with Crippen LogP contribution < -0.4 is 10.6 Å². The molecule has 0 radical (unpaired) electrons. The van der Waals surface area contributed by atoms with Gasteiger partial charge in [-0.05, 0) is 13.8 Å². The van der Waals surface area contributed by atoms with E-state index in [9.17, 15) is 0 Å².